The zero-order chi connectivity index (χ0) is 19.4. The van der Waals surface area contributed by atoms with Crippen molar-refractivity contribution in [3.8, 4) is 11.1 Å². The number of nitrogens with one attached hydrogen (secondary N) is 1. The molecule has 0 bridgehead atoms. The highest BCUT2D eigenvalue weighted by Gasteiger charge is 2.23. The summed E-state index contributed by atoms with van der Waals surface area (Å²) in [6, 6.07) is 6.93. The van der Waals surface area contributed by atoms with Crippen molar-refractivity contribution < 1.29 is 19.1 Å². The Kier molecular flexibility index (Phi) is 5.37. The van der Waals surface area contributed by atoms with Crippen molar-refractivity contribution in [1.82, 2.24) is 9.97 Å². The Morgan fingerprint density at radius 1 is 1.19 bits per heavy atom. The van der Waals surface area contributed by atoms with Gasteiger partial charge in [-0.05, 0) is 18.6 Å². The molecule has 0 radical (unpaired) electrons. The fourth-order valence-corrected chi connectivity index (χ4v) is 3.41. The smallest absolute Gasteiger partial charge is 0.341 e. The van der Waals surface area contributed by atoms with Crippen LogP contribution in [-0.4, -0.2) is 34.7 Å². The number of rotatable bonds is 5. The number of amides is 1. The summed E-state index contributed by atoms with van der Waals surface area (Å²) in [5.41, 5.74) is 2.13. The van der Waals surface area contributed by atoms with Crippen LogP contribution >= 0.6 is 11.3 Å². The summed E-state index contributed by atoms with van der Waals surface area (Å²) in [7, 11) is 1.27. The Morgan fingerprint density at radius 3 is 2.67 bits per heavy atom. The van der Waals surface area contributed by atoms with Gasteiger partial charge in [0.2, 0.25) is 0 Å². The van der Waals surface area contributed by atoms with E-state index in [2.05, 4.69) is 15.3 Å². The van der Waals surface area contributed by atoms with Gasteiger partial charge < -0.3 is 10.1 Å². The quantitative estimate of drug-likeness (QED) is 0.537. The van der Waals surface area contributed by atoms with Gasteiger partial charge in [0, 0.05) is 28.9 Å². The number of Topliss-reactive ketones (excluding diaryl/α,β-unsaturated/α-hetero) is 1. The van der Waals surface area contributed by atoms with E-state index < -0.39 is 11.9 Å². The van der Waals surface area contributed by atoms with Crippen LogP contribution in [0.5, 0.6) is 0 Å². The highest BCUT2D eigenvalue weighted by atomic mass is 32.1. The summed E-state index contributed by atoms with van der Waals surface area (Å²) in [6.07, 6.45) is 4.20. The van der Waals surface area contributed by atoms with Crippen LogP contribution in [-0.2, 0) is 4.74 Å². The van der Waals surface area contributed by atoms with Crippen molar-refractivity contribution in [3.05, 3.63) is 65.1 Å². The first kappa shape index (κ1) is 18.4. The molecule has 0 aliphatic rings. The molecule has 3 rings (SSSR count). The van der Waals surface area contributed by atoms with Crippen LogP contribution in [0.1, 0.15) is 38.1 Å². The first-order chi connectivity index (χ1) is 13.0. The maximum Gasteiger partial charge on any atom is 0.341 e. The summed E-state index contributed by atoms with van der Waals surface area (Å²) in [5.74, 6) is -1.16. The molecule has 8 heteroatoms. The molecule has 136 valence electrons. The second kappa shape index (κ2) is 7.88. The summed E-state index contributed by atoms with van der Waals surface area (Å²) in [5, 5.41) is 4.75. The molecule has 0 spiro atoms. The van der Waals surface area contributed by atoms with Crippen LogP contribution in [0.25, 0.3) is 11.1 Å². The van der Waals surface area contributed by atoms with Gasteiger partial charge in [-0.25, -0.2) is 9.78 Å². The fourth-order valence-electron chi connectivity index (χ4n) is 2.46. The number of ether oxygens (including phenoxy) is 1. The lowest BCUT2D eigenvalue weighted by Crippen LogP contribution is -2.15. The third-order valence-corrected chi connectivity index (χ3v) is 4.68. The predicted octanol–water partition coefficient (Wildman–Crippen LogP) is 3.45. The minimum absolute atomic E-state index is 0.0807. The molecular formula is C19H15N3O4S. The van der Waals surface area contributed by atoms with E-state index in [0.717, 1.165) is 0 Å². The maximum absolute atomic E-state index is 12.4. The number of hydrogen-bond acceptors (Lipinski definition) is 7. The number of benzene rings is 1. The van der Waals surface area contributed by atoms with E-state index in [9.17, 15) is 14.4 Å². The van der Waals surface area contributed by atoms with Gasteiger partial charge in [0.15, 0.2) is 5.78 Å². The Bertz CT molecular complexity index is 1010. The predicted molar refractivity (Wildman–Crippen MR) is 101 cm³/mol. The third-order valence-electron chi connectivity index (χ3n) is 3.78. The first-order valence-electron chi connectivity index (χ1n) is 7.89. The van der Waals surface area contributed by atoms with Gasteiger partial charge >= 0.3 is 5.97 Å². The summed E-state index contributed by atoms with van der Waals surface area (Å²) >= 11 is 1.19. The number of anilines is 1. The number of carbonyl (C=O) groups is 3. The van der Waals surface area contributed by atoms with Gasteiger partial charge in [0.1, 0.15) is 16.3 Å². The molecule has 2 heterocycles. The molecule has 0 fully saturated rings. The van der Waals surface area contributed by atoms with Crippen LogP contribution in [0.2, 0.25) is 0 Å². The molecule has 0 aliphatic carbocycles. The Hall–Kier alpha value is -3.39. The summed E-state index contributed by atoms with van der Waals surface area (Å²) in [6.45, 7) is 1.47. The molecule has 0 aliphatic heterocycles. The number of carbonyl (C=O) groups excluding carboxylic acids is 3. The minimum Gasteiger partial charge on any atom is -0.465 e. The zero-order valence-electron chi connectivity index (χ0n) is 14.6. The number of methoxy groups -OCH3 is 1. The highest BCUT2D eigenvalue weighted by Crippen LogP contribution is 2.36. The van der Waals surface area contributed by atoms with Crippen LogP contribution in [0, 0.1) is 0 Å². The second-order valence-electron chi connectivity index (χ2n) is 5.53. The van der Waals surface area contributed by atoms with Crippen LogP contribution < -0.4 is 5.32 Å². The first-order valence-corrected chi connectivity index (χ1v) is 8.77. The molecule has 0 saturated heterocycles. The average Bonchev–Trinajstić information content (AvgIpc) is 3.11. The maximum atomic E-state index is 12.4. The molecule has 0 unspecified atom stereocenters. The van der Waals surface area contributed by atoms with Gasteiger partial charge in [0.25, 0.3) is 5.91 Å². The van der Waals surface area contributed by atoms with Gasteiger partial charge in [-0.2, -0.15) is 0 Å². The highest BCUT2D eigenvalue weighted by molar-refractivity contribution is 7.15. The van der Waals surface area contributed by atoms with Crippen LogP contribution in [0.3, 0.4) is 0 Å². The number of thiophene rings is 1. The van der Waals surface area contributed by atoms with Gasteiger partial charge in [0.05, 0.1) is 13.3 Å². The standard InChI is InChI=1S/C19H15N3O4S/c1-11(23)12-4-3-5-13(8-12)14-10-27-18(16(14)19(25)26-2)22-17(24)15-9-20-6-7-21-15/h3-10H,1-2H3,(H,22,24). The molecule has 3 aromatic rings. The molecule has 0 atom stereocenters. The van der Waals surface area contributed by atoms with Gasteiger partial charge in [-0.15, -0.1) is 11.3 Å². The Morgan fingerprint density at radius 2 is 2.00 bits per heavy atom. The van der Waals surface area contributed by atoms with Crippen molar-refractivity contribution in [1.29, 1.82) is 0 Å². The molecule has 27 heavy (non-hydrogen) atoms. The lowest BCUT2D eigenvalue weighted by Gasteiger charge is -2.08. The number of esters is 1. The summed E-state index contributed by atoms with van der Waals surface area (Å²) < 4.78 is 4.88. The second-order valence-corrected chi connectivity index (χ2v) is 6.41. The minimum atomic E-state index is -0.589. The summed E-state index contributed by atoms with van der Waals surface area (Å²) in [4.78, 5) is 44.2. The van der Waals surface area contributed by atoms with Crippen molar-refractivity contribution >= 4 is 34.0 Å². The molecule has 1 amide bonds. The number of nitrogens with zero attached hydrogens (tertiary/aromatic N) is 2. The monoisotopic (exact) mass is 381 g/mol. The SMILES string of the molecule is COC(=O)c1c(-c2cccc(C(C)=O)c2)csc1NC(=O)c1cnccn1. The van der Waals surface area contributed by atoms with Crippen molar-refractivity contribution in [3.63, 3.8) is 0 Å². The Balaban J connectivity index is 2.02. The van der Waals surface area contributed by atoms with Crippen LogP contribution in [0.4, 0.5) is 5.00 Å². The van der Waals surface area contributed by atoms with E-state index in [1.54, 1.807) is 29.6 Å². The lowest BCUT2D eigenvalue weighted by atomic mass is 10.0. The Labute approximate surface area is 159 Å². The molecular weight excluding hydrogens is 366 g/mol. The topological polar surface area (TPSA) is 98.2 Å². The molecule has 2 aromatic heterocycles. The molecule has 1 aromatic carbocycles. The van der Waals surface area contributed by atoms with E-state index in [1.165, 1.54) is 44.0 Å². The third kappa shape index (κ3) is 3.90. The number of hydrogen-bond donors (Lipinski definition) is 1. The van der Waals surface area contributed by atoms with Gasteiger partial charge in [-0.3, -0.25) is 14.6 Å². The van der Waals surface area contributed by atoms with E-state index in [-0.39, 0.29) is 17.0 Å². The lowest BCUT2D eigenvalue weighted by molar-refractivity contribution is 0.0603. The molecule has 7 nitrogen and oxygen atoms in total. The molecule has 1 N–H and O–H groups in total. The average molecular weight is 381 g/mol. The number of aromatic nitrogens is 2. The zero-order valence-corrected chi connectivity index (χ0v) is 15.4. The van der Waals surface area contributed by atoms with Gasteiger partial charge in [-0.1, -0.05) is 18.2 Å². The number of ketones is 1. The normalized spacial score (nSPS) is 10.3. The van der Waals surface area contributed by atoms with Crippen LogP contribution in [0.15, 0.2) is 48.2 Å². The van der Waals surface area contributed by atoms with E-state index >= 15 is 0 Å². The molecule has 0 saturated carbocycles. The fraction of sp³-hybridized carbons (Fsp3) is 0.105. The largest absolute Gasteiger partial charge is 0.465 e. The van der Waals surface area contributed by atoms with Crippen molar-refractivity contribution in [2.24, 2.45) is 0 Å². The van der Waals surface area contributed by atoms with E-state index in [4.69, 9.17) is 4.74 Å². The van der Waals surface area contributed by atoms with Crippen molar-refractivity contribution in [2.75, 3.05) is 12.4 Å². The van der Waals surface area contributed by atoms with E-state index in [0.29, 0.717) is 21.7 Å². The van der Waals surface area contributed by atoms with E-state index in [1.807, 2.05) is 0 Å². The van der Waals surface area contributed by atoms with Crippen molar-refractivity contribution in [2.45, 2.75) is 6.92 Å².